The quantitative estimate of drug-likeness (QED) is 0.330. The molecule has 198 valence electrons. The summed E-state index contributed by atoms with van der Waals surface area (Å²) in [5, 5.41) is 20.9. The summed E-state index contributed by atoms with van der Waals surface area (Å²) in [7, 11) is 0. The van der Waals surface area contributed by atoms with Gasteiger partial charge < -0.3 is 24.2 Å². The van der Waals surface area contributed by atoms with E-state index in [1.807, 2.05) is 0 Å². The van der Waals surface area contributed by atoms with Crippen LogP contribution in [0.2, 0.25) is 0 Å². The number of aliphatic hydroxyl groups is 1. The highest BCUT2D eigenvalue weighted by Crippen LogP contribution is 2.43. The molecule has 3 heterocycles. The van der Waals surface area contributed by atoms with Crippen LogP contribution >= 0.6 is 0 Å². The van der Waals surface area contributed by atoms with Crippen molar-refractivity contribution in [3.05, 3.63) is 65.7 Å². The molecule has 2 aromatic carbocycles. The number of hydrogen-bond acceptors (Lipinski definition) is 9. The van der Waals surface area contributed by atoms with Crippen molar-refractivity contribution in [2.75, 3.05) is 19.7 Å². The second-order valence-corrected chi connectivity index (χ2v) is 8.83. The van der Waals surface area contributed by atoms with Gasteiger partial charge in [-0.1, -0.05) is 64.9 Å². The second-order valence-electron chi connectivity index (χ2n) is 8.83. The topological polar surface area (TPSA) is 124 Å². The molecule has 1 aliphatic heterocycles. The van der Waals surface area contributed by atoms with Crippen molar-refractivity contribution in [2.24, 2.45) is 5.92 Å². The molecule has 38 heavy (non-hydrogen) atoms. The van der Waals surface area contributed by atoms with E-state index in [9.17, 15) is 23.1 Å². The van der Waals surface area contributed by atoms with Crippen LogP contribution in [0.15, 0.2) is 63.6 Å². The molecule has 2 unspecified atom stereocenters. The van der Waals surface area contributed by atoms with Gasteiger partial charge in [0.25, 0.3) is 5.89 Å². The Balaban J connectivity index is 1.30. The van der Waals surface area contributed by atoms with Crippen LogP contribution in [-0.2, 0) is 15.7 Å². The van der Waals surface area contributed by atoms with Crippen molar-refractivity contribution in [1.82, 2.24) is 20.6 Å². The fourth-order valence-corrected chi connectivity index (χ4v) is 4.21. The largest absolute Gasteiger partial charge is 0.462 e. The minimum Gasteiger partial charge on any atom is -0.462 e. The Morgan fingerprint density at radius 3 is 2.53 bits per heavy atom. The molecular weight excluding hydrogens is 505 g/mol. The first-order chi connectivity index (χ1) is 18.3. The number of carbonyl (C=O) groups excluding carboxylic acids is 1. The smallest absolute Gasteiger partial charge is 0.422 e. The van der Waals surface area contributed by atoms with Crippen LogP contribution in [0, 0.1) is 5.92 Å². The molecule has 0 radical (unpaired) electrons. The molecule has 0 bridgehead atoms. The van der Waals surface area contributed by atoms with E-state index in [-0.39, 0.29) is 35.6 Å². The van der Waals surface area contributed by atoms with Crippen LogP contribution in [0.25, 0.3) is 34.3 Å². The summed E-state index contributed by atoms with van der Waals surface area (Å²) in [5.74, 6) is -1.72. The van der Waals surface area contributed by atoms with Gasteiger partial charge in [-0.05, 0) is 24.9 Å². The van der Waals surface area contributed by atoms with Crippen molar-refractivity contribution >= 4 is 5.97 Å². The molecule has 2 aromatic heterocycles. The summed E-state index contributed by atoms with van der Waals surface area (Å²) < 4.78 is 57.2. The first kappa shape index (κ1) is 25.6. The van der Waals surface area contributed by atoms with Crippen LogP contribution in [0.4, 0.5) is 13.2 Å². The van der Waals surface area contributed by atoms with Crippen molar-refractivity contribution in [1.29, 1.82) is 0 Å². The van der Waals surface area contributed by atoms with E-state index in [4.69, 9.17) is 13.8 Å². The number of hydrogen-bond donors (Lipinski definition) is 2. The molecule has 0 spiro atoms. The van der Waals surface area contributed by atoms with Gasteiger partial charge in [-0.15, -0.1) is 0 Å². The lowest BCUT2D eigenvalue weighted by molar-refractivity contribution is -0.152. The number of ether oxygens (including phenoxy) is 1. The molecule has 2 atom stereocenters. The van der Waals surface area contributed by atoms with Crippen LogP contribution in [0.3, 0.4) is 0 Å². The molecule has 1 saturated heterocycles. The minimum absolute atomic E-state index is 0.0167. The average molecular weight is 528 g/mol. The Hall–Kier alpha value is -4.03. The number of aliphatic hydroxyl groups excluding tert-OH is 1. The normalized spacial score (nSPS) is 16.8. The van der Waals surface area contributed by atoms with E-state index in [2.05, 4.69) is 20.6 Å². The molecule has 1 aliphatic rings. The maximum Gasteiger partial charge on any atom is 0.422 e. The van der Waals surface area contributed by atoms with Gasteiger partial charge >= 0.3 is 12.1 Å². The SMILES string of the molecule is O=C(OCC(O)c1ccc(-c2noc(-c3onc(-c4ccccc4)c3C(F)(F)F)n2)cc1)C1CCCNC1. The standard InChI is InChI=1S/C26H23F3N4O5/c27-26(28,29)20-21(16-5-2-1-3-6-16)32-37-22(20)24-31-23(33-38-24)17-10-8-15(9-11-17)19(34)14-36-25(35)18-7-4-12-30-13-18/h1-3,5-6,8-11,18-19,30,34H,4,7,12-14H2. The third-order valence-corrected chi connectivity index (χ3v) is 6.21. The van der Waals surface area contributed by atoms with Crippen molar-refractivity contribution in [3.8, 4) is 34.3 Å². The number of rotatable bonds is 7. The van der Waals surface area contributed by atoms with Gasteiger partial charge in [0.15, 0.2) is 0 Å². The zero-order valence-electron chi connectivity index (χ0n) is 19.9. The highest BCUT2D eigenvalue weighted by atomic mass is 19.4. The van der Waals surface area contributed by atoms with Crippen molar-refractivity contribution < 1.29 is 36.9 Å². The third-order valence-electron chi connectivity index (χ3n) is 6.21. The summed E-state index contributed by atoms with van der Waals surface area (Å²) in [6.07, 6.45) is -4.20. The molecule has 0 saturated carbocycles. The first-order valence-corrected chi connectivity index (χ1v) is 11.9. The lowest BCUT2D eigenvalue weighted by atomic mass is 10.00. The summed E-state index contributed by atoms with van der Waals surface area (Å²) in [4.78, 5) is 16.2. The van der Waals surface area contributed by atoms with E-state index in [0.29, 0.717) is 17.7 Å². The fourth-order valence-electron chi connectivity index (χ4n) is 4.21. The number of nitrogens with zero attached hydrogens (tertiary/aromatic N) is 3. The Bertz CT molecular complexity index is 1380. The number of benzene rings is 2. The highest BCUT2D eigenvalue weighted by molar-refractivity contribution is 5.73. The van der Waals surface area contributed by atoms with Gasteiger partial charge in [0, 0.05) is 17.7 Å². The summed E-state index contributed by atoms with van der Waals surface area (Å²) in [5.41, 5.74) is -0.362. The van der Waals surface area contributed by atoms with Crippen molar-refractivity contribution in [3.63, 3.8) is 0 Å². The maximum atomic E-state index is 13.9. The predicted octanol–water partition coefficient (Wildman–Crippen LogP) is 4.65. The van der Waals surface area contributed by atoms with Crippen LogP contribution in [0.1, 0.15) is 30.1 Å². The molecule has 2 N–H and O–H groups in total. The number of nitrogens with one attached hydrogen (secondary N) is 1. The number of esters is 1. The Morgan fingerprint density at radius 1 is 1.08 bits per heavy atom. The van der Waals surface area contributed by atoms with Crippen molar-refractivity contribution in [2.45, 2.75) is 25.1 Å². The third kappa shape index (κ3) is 5.46. The fraction of sp³-hybridized carbons (Fsp3) is 0.308. The van der Waals surface area contributed by atoms with Gasteiger partial charge in [-0.3, -0.25) is 4.79 Å². The van der Waals surface area contributed by atoms with E-state index in [0.717, 1.165) is 19.4 Å². The van der Waals surface area contributed by atoms with Gasteiger partial charge in [0.2, 0.25) is 11.6 Å². The summed E-state index contributed by atoms with van der Waals surface area (Å²) >= 11 is 0. The first-order valence-electron chi connectivity index (χ1n) is 11.9. The number of carbonyl (C=O) groups is 1. The number of piperidine rings is 1. The van der Waals surface area contributed by atoms with E-state index < -0.39 is 29.5 Å². The number of halogens is 3. The van der Waals surface area contributed by atoms with Gasteiger partial charge in [0.05, 0.1) is 5.92 Å². The summed E-state index contributed by atoms with van der Waals surface area (Å²) in [6.45, 7) is 1.23. The van der Waals surface area contributed by atoms with E-state index >= 15 is 0 Å². The molecule has 9 nitrogen and oxygen atoms in total. The number of aromatic nitrogens is 3. The summed E-state index contributed by atoms with van der Waals surface area (Å²) in [6, 6.07) is 14.1. The van der Waals surface area contributed by atoms with Gasteiger partial charge in [-0.25, -0.2) is 0 Å². The predicted molar refractivity (Wildman–Crippen MR) is 127 cm³/mol. The van der Waals surface area contributed by atoms with E-state index in [1.54, 1.807) is 42.5 Å². The molecule has 1 fully saturated rings. The molecule has 0 aliphatic carbocycles. The second kappa shape index (κ2) is 10.8. The molecule has 5 rings (SSSR count). The molecular formula is C26H23F3N4O5. The Labute approximate surface area is 214 Å². The minimum atomic E-state index is -4.79. The Kier molecular flexibility index (Phi) is 7.25. The van der Waals surface area contributed by atoms with Crippen LogP contribution in [-0.4, -0.2) is 46.1 Å². The lowest BCUT2D eigenvalue weighted by Crippen LogP contribution is -2.35. The monoisotopic (exact) mass is 528 g/mol. The molecule has 12 heteroatoms. The van der Waals surface area contributed by atoms with Gasteiger partial charge in [-0.2, -0.15) is 18.2 Å². The number of alkyl halides is 3. The van der Waals surface area contributed by atoms with Gasteiger partial charge in [0.1, 0.15) is 24.0 Å². The lowest BCUT2D eigenvalue weighted by Gasteiger charge is -2.22. The highest BCUT2D eigenvalue weighted by Gasteiger charge is 2.43. The zero-order valence-corrected chi connectivity index (χ0v) is 19.9. The average Bonchev–Trinajstić information content (AvgIpc) is 3.60. The van der Waals surface area contributed by atoms with Crippen LogP contribution < -0.4 is 5.32 Å². The maximum absolute atomic E-state index is 13.9. The molecule has 0 amide bonds. The molecule has 4 aromatic rings. The zero-order chi connectivity index (χ0) is 26.7. The van der Waals surface area contributed by atoms with Crippen LogP contribution in [0.5, 0.6) is 0 Å². The van der Waals surface area contributed by atoms with E-state index in [1.165, 1.54) is 12.1 Å². The Morgan fingerprint density at radius 2 is 1.84 bits per heavy atom.